The summed E-state index contributed by atoms with van der Waals surface area (Å²) < 4.78 is 0. The largest absolute Gasteiger partial charge is 0.331 e. The molecule has 22 heavy (non-hydrogen) atoms. The van der Waals surface area contributed by atoms with Gasteiger partial charge in [-0.2, -0.15) is 0 Å². The molecule has 0 saturated heterocycles. The van der Waals surface area contributed by atoms with Crippen LogP contribution in [0, 0.1) is 20.8 Å². The molecule has 0 spiro atoms. The number of para-hydroxylation sites is 1. The van der Waals surface area contributed by atoms with Crippen LogP contribution in [-0.4, -0.2) is 11.0 Å². The second kappa shape index (κ2) is 7.04. The van der Waals surface area contributed by atoms with Gasteiger partial charge in [0.15, 0.2) is 5.11 Å². The monoisotopic (exact) mass is 313 g/mol. The molecule has 2 aromatic rings. The highest BCUT2D eigenvalue weighted by Crippen LogP contribution is 2.13. The van der Waals surface area contributed by atoms with Crippen molar-refractivity contribution in [3.8, 4) is 0 Å². The van der Waals surface area contributed by atoms with E-state index in [0.29, 0.717) is 10.7 Å². The first kappa shape index (κ1) is 16.0. The second-order valence-corrected chi connectivity index (χ2v) is 5.57. The zero-order chi connectivity index (χ0) is 16.1. The number of hydrazine groups is 1. The number of hydrogen-bond acceptors (Lipinski definition) is 2. The van der Waals surface area contributed by atoms with E-state index in [0.717, 1.165) is 22.4 Å². The van der Waals surface area contributed by atoms with E-state index in [-0.39, 0.29) is 5.91 Å². The van der Waals surface area contributed by atoms with Crippen molar-refractivity contribution in [3.05, 3.63) is 64.7 Å². The number of aryl methyl sites for hydroxylation is 3. The molecule has 0 aromatic heterocycles. The van der Waals surface area contributed by atoms with Crippen LogP contribution < -0.4 is 16.2 Å². The zero-order valence-electron chi connectivity index (χ0n) is 12.9. The van der Waals surface area contributed by atoms with E-state index in [1.165, 1.54) is 0 Å². The average Bonchev–Trinajstić information content (AvgIpc) is 2.47. The number of hydrogen-bond donors (Lipinski definition) is 3. The summed E-state index contributed by atoms with van der Waals surface area (Å²) in [4.78, 5) is 12.1. The van der Waals surface area contributed by atoms with Gasteiger partial charge in [0.1, 0.15) is 0 Å². The molecule has 0 aliphatic heterocycles. The van der Waals surface area contributed by atoms with Crippen molar-refractivity contribution in [2.45, 2.75) is 20.8 Å². The first-order valence-electron chi connectivity index (χ1n) is 6.97. The summed E-state index contributed by atoms with van der Waals surface area (Å²) in [7, 11) is 0. The van der Waals surface area contributed by atoms with Crippen molar-refractivity contribution in [1.82, 2.24) is 10.9 Å². The number of nitrogens with one attached hydrogen (secondary N) is 3. The Morgan fingerprint density at radius 3 is 2.36 bits per heavy atom. The molecule has 2 aromatic carbocycles. The van der Waals surface area contributed by atoms with Gasteiger partial charge < -0.3 is 5.32 Å². The third kappa shape index (κ3) is 4.05. The van der Waals surface area contributed by atoms with Crippen molar-refractivity contribution in [2.75, 3.05) is 5.32 Å². The Morgan fingerprint density at radius 1 is 0.955 bits per heavy atom. The predicted molar refractivity (Wildman–Crippen MR) is 93.9 cm³/mol. The van der Waals surface area contributed by atoms with E-state index in [9.17, 15) is 4.79 Å². The zero-order valence-corrected chi connectivity index (χ0v) is 13.7. The minimum atomic E-state index is -0.216. The van der Waals surface area contributed by atoms with E-state index in [1.54, 1.807) is 6.07 Å². The third-order valence-corrected chi connectivity index (χ3v) is 3.51. The summed E-state index contributed by atoms with van der Waals surface area (Å²) in [6.45, 7) is 5.89. The van der Waals surface area contributed by atoms with E-state index >= 15 is 0 Å². The summed E-state index contributed by atoms with van der Waals surface area (Å²) in [5, 5.41) is 3.39. The van der Waals surface area contributed by atoms with Crippen LogP contribution in [0.25, 0.3) is 0 Å². The Kier molecular flexibility index (Phi) is 5.12. The van der Waals surface area contributed by atoms with E-state index < -0.39 is 0 Å². The Hall–Kier alpha value is -2.40. The molecule has 0 radical (unpaired) electrons. The van der Waals surface area contributed by atoms with Gasteiger partial charge in [-0.25, -0.2) is 0 Å². The number of carbonyl (C=O) groups excluding carboxylic acids is 1. The summed E-state index contributed by atoms with van der Waals surface area (Å²) in [5.74, 6) is -0.216. The summed E-state index contributed by atoms with van der Waals surface area (Å²) in [5.41, 5.74) is 9.98. The van der Waals surface area contributed by atoms with Crippen molar-refractivity contribution in [2.24, 2.45) is 0 Å². The second-order valence-electron chi connectivity index (χ2n) is 5.17. The first-order chi connectivity index (χ1) is 10.5. The van der Waals surface area contributed by atoms with Gasteiger partial charge in [-0.1, -0.05) is 35.9 Å². The molecule has 0 saturated carbocycles. The Balaban J connectivity index is 1.93. The molecule has 114 valence electrons. The summed E-state index contributed by atoms with van der Waals surface area (Å²) >= 11 is 5.18. The van der Waals surface area contributed by atoms with Crippen molar-refractivity contribution in [1.29, 1.82) is 0 Å². The Bertz CT molecular complexity index is 713. The van der Waals surface area contributed by atoms with Crippen LogP contribution >= 0.6 is 12.2 Å². The molecule has 3 N–H and O–H groups in total. The SMILES string of the molecule is Cc1ccc(C(=O)NNC(=S)Nc2ccccc2C)c(C)c1. The van der Waals surface area contributed by atoms with Crippen LogP contribution in [0.2, 0.25) is 0 Å². The lowest BCUT2D eigenvalue weighted by atomic mass is 10.1. The molecule has 0 aliphatic rings. The van der Waals surface area contributed by atoms with Crippen molar-refractivity contribution >= 4 is 28.9 Å². The maximum Gasteiger partial charge on any atom is 0.269 e. The fourth-order valence-electron chi connectivity index (χ4n) is 2.12. The lowest BCUT2D eigenvalue weighted by Crippen LogP contribution is -2.44. The van der Waals surface area contributed by atoms with Crippen molar-refractivity contribution < 1.29 is 4.79 Å². The fraction of sp³-hybridized carbons (Fsp3) is 0.176. The number of rotatable bonds is 2. The van der Waals surface area contributed by atoms with Gasteiger partial charge in [-0.15, -0.1) is 0 Å². The molecule has 0 fully saturated rings. The molecule has 0 aliphatic carbocycles. The van der Waals surface area contributed by atoms with Gasteiger partial charge in [-0.3, -0.25) is 15.6 Å². The lowest BCUT2D eigenvalue weighted by molar-refractivity contribution is 0.0943. The molecular formula is C17H19N3OS. The predicted octanol–water partition coefficient (Wildman–Crippen LogP) is 3.24. The third-order valence-electron chi connectivity index (χ3n) is 3.31. The number of anilines is 1. The molecule has 5 heteroatoms. The Labute approximate surface area is 135 Å². The molecular weight excluding hydrogens is 294 g/mol. The minimum Gasteiger partial charge on any atom is -0.331 e. The molecule has 4 nitrogen and oxygen atoms in total. The van der Waals surface area contributed by atoms with E-state index in [4.69, 9.17) is 12.2 Å². The number of amides is 1. The normalized spacial score (nSPS) is 9.95. The maximum atomic E-state index is 12.1. The van der Waals surface area contributed by atoms with E-state index in [2.05, 4.69) is 16.2 Å². The van der Waals surface area contributed by atoms with Crippen LogP contribution in [0.5, 0.6) is 0 Å². The Morgan fingerprint density at radius 2 is 1.68 bits per heavy atom. The fourth-order valence-corrected chi connectivity index (χ4v) is 2.28. The highest BCUT2D eigenvalue weighted by Gasteiger charge is 2.09. The van der Waals surface area contributed by atoms with Gasteiger partial charge >= 0.3 is 0 Å². The molecule has 0 heterocycles. The van der Waals surface area contributed by atoms with Crippen LogP contribution in [0.1, 0.15) is 27.0 Å². The smallest absolute Gasteiger partial charge is 0.269 e. The highest BCUT2D eigenvalue weighted by molar-refractivity contribution is 7.80. The number of benzene rings is 2. The van der Waals surface area contributed by atoms with Gasteiger partial charge in [0.2, 0.25) is 0 Å². The van der Waals surface area contributed by atoms with Gasteiger partial charge in [0.05, 0.1) is 0 Å². The topological polar surface area (TPSA) is 53.2 Å². The summed E-state index contributed by atoms with van der Waals surface area (Å²) in [6.07, 6.45) is 0. The van der Waals surface area contributed by atoms with Crippen molar-refractivity contribution in [3.63, 3.8) is 0 Å². The summed E-state index contributed by atoms with van der Waals surface area (Å²) in [6, 6.07) is 13.5. The highest BCUT2D eigenvalue weighted by atomic mass is 32.1. The van der Waals surface area contributed by atoms with Gasteiger partial charge in [0, 0.05) is 11.3 Å². The average molecular weight is 313 g/mol. The van der Waals surface area contributed by atoms with Gasteiger partial charge in [0.25, 0.3) is 5.91 Å². The van der Waals surface area contributed by atoms with Crippen LogP contribution in [0.15, 0.2) is 42.5 Å². The van der Waals surface area contributed by atoms with Crippen LogP contribution in [-0.2, 0) is 0 Å². The first-order valence-corrected chi connectivity index (χ1v) is 7.38. The van der Waals surface area contributed by atoms with Crippen LogP contribution in [0.4, 0.5) is 5.69 Å². The van der Waals surface area contributed by atoms with E-state index in [1.807, 2.05) is 57.2 Å². The molecule has 0 atom stereocenters. The molecule has 0 bridgehead atoms. The maximum absolute atomic E-state index is 12.1. The number of carbonyl (C=O) groups is 1. The minimum absolute atomic E-state index is 0.216. The quantitative estimate of drug-likeness (QED) is 0.588. The van der Waals surface area contributed by atoms with Crippen LogP contribution in [0.3, 0.4) is 0 Å². The standard InChI is InChI=1S/C17H19N3OS/c1-11-8-9-14(13(3)10-11)16(21)19-20-17(22)18-15-7-5-4-6-12(15)2/h4-10H,1-3H3,(H,19,21)(H2,18,20,22). The lowest BCUT2D eigenvalue weighted by Gasteiger charge is -2.14. The molecule has 1 amide bonds. The number of thiocarbonyl (C=S) groups is 1. The molecule has 2 rings (SSSR count). The molecule has 0 unspecified atom stereocenters. The van der Waals surface area contributed by atoms with Gasteiger partial charge in [-0.05, 0) is 56.2 Å².